The first-order valence-electron chi connectivity index (χ1n) is 5.08. The van der Waals surface area contributed by atoms with Gasteiger partial charge in [0.1, 0.15) is 23.1 Å². The summed E-state index contributed by atoms with van der Waals surface area (Å²) in [5.74, 6) is -0.0868. The molecule has 0 unspecified atom stereocenters. The molecule has 2 aromatic rings. The summed E-state index contributed by atoms with van der Waals surface area (Å²) >= 11 is 8.73. The van der Waals surface area contributed by atoms with E-state index in [-0.39, 0.29) is 21.7 Å². The molecule has 0 aromatic heterocycles. The molecule has 0 heterocycles. The van der Waals surface area contributed by atoms with Gasteiger partial charge in [-0.3, -0.25) is 0 Å². The van der Waals surface area contributed by atoms with Gasteiger partial charge in [0, 0.05) is 5.56 Å². The SMILES string of the molecule is Fc1ccc(Oc2cccc(F)c2CCl)cc1Br. The second-order valence-electron chi connectivity index (χ2n) is 3.53. The predicted octanol–water partition coefficient (Wildman–Crippen LogP) is 5.26. The molecule has 0 aliphatic carbocycles. The minimum absolute atomic E-state index is 0.00434. The molecule has 0 aliphatic heterocycles. The van der Waals surface area contributed by atoms with Crippen molar-refractivity contribution in [2.75, 3.05) is 0 Å². The Morgan fingerprint density at radius 3 is 2.56 bits per heavy atom. The van der Waals surface area contributed by atoms with E-state index < -0.39 is 5.82 Å². The molecular formula is C13H8BrClF2O. The zero-order chi connectivity index (χ0) is 13.1. The molecule has 0 saturated heterocycles. The van der Waals surface area contributed by atoms with E-state index in [0.717, 1.165) is 0 Å². The summed E-state index contributed by atoms with van der Waals surface area (Å²) in [5, 5.41) is 0. The van der Waals surface area contributed by atoms with Gasteiger partial charge >= 0.3 is 0 Å². The van der Waals surface area contributed by atoms with Crippen LogP contribution in [0.15, 0.2) is 40.9 Å². The van der Waals surface area contributed by atoms with Gasteiger partial charge in [0.25, 0.3) is 0 Å². The summed E-state index contributed by atoms with van der Waals surface area (Å²) in [5.41, 5.74) is 0.277. The molecule has 2 rings (SSSR count). The summed E-state index contributed by atoms with van der Waals surface area (Å²) in [7, 11) is 0. The third-order valence-electron chi connectivity index (χ3n) is 2.33. The van der Waals surface area contributed by atoms with Crippen LogP contribution in [-0.2, 0) is 5.88 Å². The lowest BCUT2D eigenvalue weighted by atomic mass is 10.2. The molecule has 1 nitrogen and oxygen atoms in total. The average Bonchev–Trinajstić information content (AvgIpc) is 2.34. The Hall–Kier alpha value is -1.13. The van der Waals surface area contributed by atoms with Crippen LogP contribution in [0.4, 0.5) is 8.78 Å². The van der Waals surface area contributed by atoms with Crippen LogP contribution in [0.5, 0.6) is 11.5 Å². The molecule has 5 heteroatoms. The van der Waals surface area contributed by atoms with Crippen LogP contribution in [-0.4, -0.2) is 0 Å². The van der Waals surface area contributed by atoms with Crippen LogP contribution in [0.25, 0.3) is 0 Å². The molecule has 94 valence electrons. The Bertz CT molecular complexity index is 575. The van der Waals surface area contributed by atoms with E-state index in [9.17, 15) is 8.78 Å². The molecule has 0 amide bonds. The normalized spacial score (nSPS) is 10.4. The zero-order valence-electron chi connectivity index (χ0n) is 9.09. The molecule has 0 aliphatic rings. The van der Waals surface area contributed by atoms with Crippen molar-refractivity contribution in [1.29, 1.82) is 0 Å². The molecule has 0 N–H and O–H groups in total. The van der Waals surface area contributed by atoms with E-state index in [2.05, 4.69) is 15.9 Å². The van der Waals surface area contributed by atoms with Crippen molar-refractivity contribution < 1.29 is 13.5 Å². The van der Waals surface area contributed by atoms with Crippen LogP contribution in [0, 0.1) is 11.6 Å². The van der Waals surface area contributed by atoms with Crippen molar-refractivity contribution in [1.82, 2.24) is 0 Å². The van der Waals surface area contributed by atoms with E-state index in [1.54, 1.807) is 6.07 Å². The summed E-state index contributed by atoms with van der Waals surface area (Å²) in [6.07, 6.45) is 0. The van der Waals surface area contributed by atoms with Gasteiger partial charge in [-0.05, 0) is 46.3 Å². The summed E-state index contributed by atoms with van der Waals surface area (Å²) in [4.78, 5) is 0. The minimum atomic E-state index is -0.427. The maximum Gasteiger partial charge on any atom is 0.137 e. The molecule has 0 atom stereocenters. The first-order chi connectivity index (χ1) is 8.61. The highest BCUT2D eigenvalue weighted by atomic mass is 79.9. The minimum Gasteiger partial charge on any atom is -0.457 e. The molecule has 0 fully saturated rings. The van der Waals surface area contributed by atoms with Gasteiger partial charge in [-0.1, -0.05) is 6.07 Å². The molecule has 2 aromatic carbocycles. The topological polar surface area (TPSA) is 9.23 Å². The largest absolute Gasteiger partial charge is 0.457 e. The lowest BCUT2D eigenvalue weighted by Gasteiger charge is -2.10. The number of rotatable bonds is 3. The Balaban J connectivity index is 2.34. The molecule has 18 heavy (non-hydrogen) atoms. The number of alkyl halides is 1. The Morgan fingerprint density at radius 1 is 1.11 bits per heavy atom. The van der Waals surface area contributed by atoms with Gasteiger partial charge in [-0.25, -0.2) is 8.78 Å². The van der Waals surface area contributed by atoms with Crippen LogP contribution in [0.3, 0.4) is 0 Å². The fraction of sp³-hybridized carbons (Fsp3) is 0.0769. The fourth-order valence-electron chi connectivity index (χ4n) is 1.43. The van der Waals surface area contributed by atoms with E-state index in [1.165, 1.54) is 30.3 Å². The van der Waals surface area contributed by atoms with Crippen molar-refractivity contribution in [2.24, 2.45) is 0 Å². The van der Waals surface area contributed by atoms with Crippen molar-refractivity contribution in [2.45, 2.75) is 5.88 Å². The van der Waals surface area contributed by atoms with Gasteiger partial charge in [0.15, 0.2) is 0 Å². The van der Waals surface area contributed by atoms with Gasteiger partial charge in [-0.15, -0.1) is 11.6 Å². The fourth-order valence-corrected chi connectivity index (χ4v) is 2.05. The van der Waals surface area contributed by atoms with Crippen molar-refractivity contribution in [3.05, 3.63) is 58.1 Å². The number of hydrogen-bond acceptors (Lipinski definition) is 1. The van der Waals surface area contributed by atoms with E-state index in [4.69, 9.17) is 16.3 Å². The number of ether oxygens (including phenoxy) is 1. The Morgan fingerprint density at radius 2 is 1.89 bits per heavy atom. The summed E-state index contributed by atoms with van der Waals surface area (Å²) in [6, 6.07) is 8.64. The second-order valence-corrected chi connectivity index (χ2v) is 4.65. The van der Waals surface area contributed by atoms with Gasteiger partial charge in [-0.2, -0.15) is 0 Å². The van der Waals surface area contributed by atoms with Gasteiger partial charge in [0.05, 0.1) is 10.4 Å². The van der Waals surface area contributed by atoms with Crippen LogP contribution in [0.1, 0.15) is 5.56 Å². The van der Waals surface area contributed by atoms with Gasteiger partial charge in [0.2, 0.25) is 0 Å². The summed E-state index contributed by atoms with van der Waals surface area (Å²) < 4.78 is 32.3. The smallest absolute Gasteiger partial charge is 0.137 e. The maximum atomic E-state index is 13.5. The average molecular weight is 334 g/mol. The molecule has 0 bridgehead atoms. The predicted molar refractivity (Wildman–Crippen MR) is 70.1 cm³/mol. The zero-order valence-corrected chi connectivity index (χ0v) is 11.4. The molecule has 0 radical (unpaired) electrons. The third kappa shape index (κ3) is 2.82. The first-order valence-corrected chi connectivity index (χ1v) is 6.41. The van der Waals surface area contributed by atoms with Crippen LogP contribution in [0.2, 0.25) is 0 Å². The van der Waals surface area contributed by atoms with E-state index in [0.29, 0.717) is 11.5 Å². The van der Waals surface area contributed by atoms with E-state index >= 15 is 0 Å². The Kier molecular flexibility index (Phi) is 4.19. The number of hydrogen-bond donors (Lipinski definition) is 0. The number of benzene rings is 2. The number of halogens is 4. The van der Waals surface area contributed by atoms with Crippen LogP contribution < -0.4 is 4.74 Å². The first kappa shape index (κ1) is 13.3. The highest BCUT2D eigenvalue weighted by Crippen LogP contribution is 2.30. The van der Waals surface area contributed by atoms with E-state index in [1.807, 2.05) is 0 Å². The highest BCUT2D eigenvalue weighted by Gasteiger charge is 2.10. The quantitative estimate of drug-likeness (QED) is 0.696. The highest BCUT2D eigenvalue weighted by molar-refractivity contribution is 9.10. The summed E-state index contributed by atoms with van der Waals surface area (Å²) in [6.45, 7) is 0. The van der Waals surface area contributed by atoms with Crippen molar-refractivity contribution >= 4 is 27.5 Å². The lowest BCUT2D eigenvalue weighted by Crippen LogP contribution is -1.93. The third-order valence-corrected chi connectivity index (χ3v) is 3.20. The molecular weight excluding hydrogens is 325 g/mol. The molecule has 0 spiro atoms. The standard InChI is InChI=1S/C13H8BrClF2O/c14-10-6-8(4-5-12(10)17)18-13-3-1-2-11(16)9(13)7-15/h1-6H,7H2. The monoisotopic (exact) mass is 332 g/mol. The van der Waals surface area contributed by atoms with Crippen LogP contribution >= 0.6 is 27.5 Å². The Labute approximate surface area is 116 Å². The lowest BCUT2D eigenvalue weighted by molar-refractivity contribution is 0.468. The van der Waals surface area contributed by atoms with Crippen molar-refractivity contribution in [3.8, 4) is 11.5 Å². The maximum absolute atomic E-state index is 13.5. The van der Waals surface area contributed by atoms with Crippen molar-refractivity contribution in [3.63, 3.8) is 0 Å². The second kappa shape index (κ2) is 5.67. The van der Waals surface area contributed by atoms with Gasteiger partial charge < -0.3 is 4.74 Å². The molecule has 0 saturated carbocycles.